The molecule has 3 aliphatic rings. The van der Waals surface area contributed by atoms with E-state index in [0.717, 1.165) is 31.1 Å². The number of ether oxygens (including phenoxy) is 2. The van der Waals surface area contributed by atoms with E-state index in [4.69, 9.17) is 9.47 Å². The molecule has 1 aromatic rings. The highest BCUT2D eigenvalue weighted by Gasteiger charge is 2.46. The lowest BCUT2D eigenvalue weighted by molar-refractivity contribution is 0.00791. The second-order valence-corrected chi connectivity index (χ2v) is 6.91. The fourth-order valence-corrected chi connectivity index (χ4v) is 3.90. The van der Waals surface area contributed by atoms with Gasteiger partial charge in [-0.15, -0.1) is 0 Å². The van der Waals surface area contributed by atoms with Crippen molar-refractivity contribution in [3.8, 4) is 5.75 Å². The molecule has 114 valence electrons. The third kappa shape index (κ3) is 2.92. The zero-order valence-corrected chi connectivity index (χ0v) is 12.5. The smallest absolute Gasteiger partial charge is 0.138 e. The minimum Gasteiger partial charge on any atom is -0.486 e. The lowest BCUT2D eigenvalue weighted by Gasteiger charge is -2.31. The Morgan fingerprint density at radius 2 is 2.38 bits per heavy atom. The third-order valence-electron chi connectivity index (χ3n) is 5.25. The van der Waals surface area contributed by atoms with Crippen molar-refractivity contribution < 1.29 is 9.47 Å². The molecule has 2 saturated heterocycles. The van der Waals surface area contributed by atoms with Crippen LogP contribution in [-0.2, 0) is 4.74 Å². The van der Waals surface area contributed by atoms with Crippen LogP contribution >= 0.6 is 0 Å². The molecule has 4 nitrogen and oxygen atoms in total. The minimum atomic E-state index is 0.0522. The van der Waals surface area contributed by atoms with Crippen molar-refractivity contribution >= 4 is 0 Å². The molecule has 0 N–H and O–H groups in total. The Balaban J connectivity index is 1.31. The number of nitrogens with zero attached hydrogens (tertiary/aromatic N) is 2. The minimum absolute atomic E-state index is 0.0522. The fourth-order valence-electron chi connectivity index (χ4n) is 3.90. The molecule has 21 heavy (non-hydrogen) atoms. The zero-order chi connectivity index (χ0) is 14.1. The molecule has 3 fully saturated rings. The van der Waals surface area contributed by atoms with Crippen LogP contribution in [0.15, 0.2) is 24.5 Å². The summed E-state index contributed by atoms with van der Waals surface area (Å²) in [7, 11) is 0. The van der Waals surface area contributed by atoms with E-state index in [2.05, 4.69) is 9.88 Å². The van der Waals surface area contributed by atoms with Crippen LogP contribution in [-0.4, -0.2) is 47.8 Å². The van der Waals surface area contributed by atoms with Crippen molar-refractivity contribution in [2.45, 2.75) is 43.8 Å². The molecule has 0 unspecified atom stereocenters. The van der Waals surface area contributed by atoms with Crippen molar-refractivity contribution in [2.75, 3.05) is 26.2 Å². The Hall–Kier alpha value is -1.13. The van der Waals surface area contributed by atoms with Crippen molar-refractivity contribution in [2.24, 2.45) is 5.92 Å². The molecule has 2 atom stereocenters. The van der Waals surface area contributed by atoms with Crippen LogP contribution in [0, 0.1) is 5.92 Å². The Morgan fingerprint density at radius 1 is 1.43 bits per heavy atom. The lowest BCUT2D eigenvalue weighted by Crippen LogP contribution is -2.36. The molecular formula is C17H24N2O2. The molecule has 4 rings (SSSR count). The summed E-state index contributed by atoms with van der Waals surface area (Å²) in [5.41, 5.74) is 0.0522. The topological polar surface area (TPSA) is 34.6 Å². The zero-order valence-electron chi connectivity index (χ0n) is 12.5. The van der Waals surface area contributed by atoms with E-state index >= 15 is 0 Å². The predicted octanol–water partition coefficient (Wildman–Crippen LogP) is 2.49. The first-order valence-electron chi connectivity index (χ1n) is 8.24. The maximum absolute atomic E-state index is 6.16. The summed E-state index contributed by atoms with van der Waals surface area (Å²) >= 11 is 0. The molecule has 2 aliphatic heterocycles. The van der Waals surface area contributed by atoms with E-state index in [-0.39, 0.29) is 11.7 Å². The molecule has 0 amide bonds. The lowest BCUT2D eigenvalue weighted by atomic mass is 9.85. The van der Waals surface area contributed by atoms with Crippen molar-refractivity contribution in [1.82, 2.24) is 9.88 Å². The van der Waals surface area contributed by atoms with E-state index in [1.807, 2.05) is 12.1 Å². The van der Waals surface area contributed by atoms with Crippen LogP contribution < -0.4 is 4.74 Å². The first kappa shape index (κ1) is 13.5. The van der Waals surface area contributed by atoms with Crippen molar-refractivity contribution in [3.05, 3.63) is 24.5 Å². The molecule has 1 saturated carbocycles. The Kier molecular flexibility index (Phi) is 3.59. The Morgan fingerprint density at radius 3 is 3.14 bits per heavy atom. The summed E-state index contributed by atoms with van der Waals surface area (Å²) in [6, 6.07) is 3.88. The molecule has 3 heterocycles. The van der Waals surface area contributed by atoms with Gasteiger partial charge in [0.25, 0.3) is 0 Å². The van der Waals surface area contributed by atoms with Gasteiger partial charge < -0.3 is 14.4 Å². The van der Waals surface area contributed by atoms with Crippen molar-refractivity contribution in [1.29, 1.82) is 0 Å². The highest BCUT2D eigenvalue weighted by atomic mass is 16.6. The second kappa shape index (κ2) is 5.58. The van der Waals surface area contributed by atoms with Gasteiger partial charge >= 0.3 is 0 Å². The van der Waals surface area contributed by atoms with E-state index in [0.29, 0.717) is 6.61 Å². The van der Waals surface area contributed by atoms with Crippen LogP contribution in [0.25, 0.3) is 0 Å². The first-order valence-corrected chi connectivity index (χ1v) is 8.24. The number of hydrogen-bond acceptors (Lipinski definition) is 4. The third-order valence-corrected chi connectivity index (χ3v) is 5.25. The quantitative estimate of drug-likeness (QED) is 0.852. The van der Waals surface area contributed by atoms with Gasteiger partial charge in [0, 0.05) is 32.3 Å². The first-order chi connectivity index (χ1) is 10.3. The van der Waals surface area contributed by atoms with Crippen molar-refractivity contribution in [3.63, 3.8) is 0 Å². The van der Waals surface area contributed by atoms with Crippen LogP contribution in [0.5, 0.6) is 5.75 Å². The van der Waals surface area contributed by atoms with Gasteiger partial charge in [0.1, 0.15) is 11.9 Å². The molecule has 1 aliphatic carbocycles. The summed E-state index contributed by atoms with van der Waals surface area (Å²) in [4.78, 5) is 6.71. The van der Waals surface area contributed by atoms with Crippen LogP contribution in [0.1, 0.15) is 32.1 Å². The Bertz CT molecular complexity index is 477. The normalized spacial score (nSPS) is 33.4. The van der Waals surface area contributed by atoms with Crippen LogP contribution in [0.4, 0.5) is 0 Å². The van der Waals surface area contributed by atoms with Gasteiger partial charge in [0.15, 0.2) is 0 Å². The van der Waals surface area contributed by atoms with Gasteiger partial charge in [-0.1, -0.05) is 6.42 Å². The van der Waals surface area contributed by atoms with E-state index in [1.54, 1.807) is 12.4 Å². The van der Waals surface area contributed by atoms with E-state index in [9.17, 15) is 0 Å². The van der Waals surface area contributed by atoms with Crippen LogP contribution in [0.3, 0.4) is 0 Å². The number of pyridine rings is 1. The van der Waals surface area contributed by atoms with Gasteiger partial charge in [0.2, 0.25) is 0 Å². The molecule has 4 heteroatoms. The molecular weight excluding hydrogens is 264 g/mol. The second-order valence-electron chi connectivity index (χ2n) is 6.91. The largest absolute Gasteiger partial charge is 0.486 e. The SMILES string of the molecule is c1cncc(O[C@@H]2CO[C@@]3(CCN(CC4CCC4)C3)C2)c1. The highest BCUT2D eigenvalue weighted by molar-refractivity contribution is 5.16. The summed E-state index contributed by atoms with van der Waals surface area (Å²) in [5.74, 6) is 1.80. The molecule has 1 aromatic heterocycles. The molecule has 0 aromatic carbocycles. The average molecular weight is 288 g/mol. The number of hydrogen-bond donors (Lipinski definition) is 0. The maximum Gasteiger partial charge on any atom is 0.138 e. The average Bonchev–Trinajstić information content (AvgIpc) is 3.03. The summed E-state index contributed by atoms with van der Waals surface area (Å²) in [6.45, 7) is 4.28. The Labute approximate surface area is 126 Å². The van der Waals surface area contributed by atoms with Crippen LogP contribution in [0.2, 0.25) is 0 Å². The summed E-state index contributed by atoms with van der Waals surface area (Å²) < 4.78 is 12.2. The monoisotopic (exact) mass is 288 g/mol. The van der Waals surface area contributed by atoms with E-state index in [1.165, 1.54) is 32.4 Å². The predicted molar refractivity (Wildman–Crippen MR) is 80.4 cm³/mol. The number of aromatic nitrogens is 1. The van der Waals surface area contributed by atoms with Gasteiger partial charge in [-0.3, -0.25) is 4.98 Å². The van der Waals surface area contributed by atoms with E-state index < -0.39 is 0 Å². The van der Waals surface area contributed by atoms with Gasteiger partial charge in [-0.05, 0) is 37.3 Å². The summed E-state index contributed by atoms with van der Waals surface area (Å²) in [5, 5.41) is 0. The fraction of sp³-hybridized carbons (Fsp3) is 0.706. The maximum atomic E-state index is 6.16. The number of likely N-dealkylation sites (tertiary alicyclic amines) is 1. The molecule has 0 bridgehead atoms. The van der Waals surface area contributed by atoms with Gasteiger partial charge in [-0.25, -0.2) is 0 Å². The van der Waals surface area contributed by atoms with Gasteiger partial charge in [-0.2, -0.15) is 0 Å². The summed E-state index contributed by atoms with van der Waals surface area (Å²) in [6.07, 6.45) is 10.2. The number of rotatable bonds is 4. The molecule has 1 spiro atoms. The highest BCUT2D eigenvalue weighted by Crippen LogP contribution is 2.38. The standard InChI is InChI=1S/C17H24N2O2/c1-3-14(4-1)11-19-8-6-17(13-19)9-16(12-20-17)21-15-5-2-7-18-10-15/h2,5,7,10,14,16H,1,3-4,6,8-9,11-13H2/t16-,17-/m0/s1. The molecule has 0 radical (unpaired) electrons. The van der Waals surface area contributed by atoms with Gasteiger partial charge in [0.05, 0.1) is 18.4 Å².